The molecule has 0 atom stereocenters. The van der Waals surface area contributed by atoms with E-state index in [0.29, 0.717) is 6.42 Å². The van der Waals surface area contributed by atoms with Crippen LogP contribution in [-0.2, 0) is 14.6 Å². The van der Waals surface area contributed by atoms with Crippen molar-refractivity contribution in [3.05, 3.63) is 0 Å². The quantitative estimate of drug-likeness (QED) is 0.339. The average Bonchev–Trinajstić information content (AvgIpc) is 2.66. The molecule has 2 amide bonds. The van der Waals surface area contributed by atoms with Gasteiger partial charge in [-0.2, -0.15) is 0 Å². The largest absolute Gasteiger partial charge is 0.338 e. The molecule has 4 saturated carbocycles. The Morgan fingerprint density at radius 2 is 1.25 bits per heavy atom. The number of urea groups is 1. The van der Waals surface area contributed by atoms with E-state index < -0.39 is 9.84 Å². The monoisotopic (exact) mass is 468 g/mol. The van der Waals surface area contributed by atoms with Gasteiger partial charge < -0.3 is 10.6 Å². The number of amides is 2. The molecule has 0 heterocycles. The Kier molecular flexibility index (Phi) is 9.44. The lowest BCUT2D eigenvalue weighted by molar-refractivity contribution is -0.116. The van der Waals surface area contributed by atoms with E-state index in [1.54, 1.807) is 0 Å². The fraction of sp³-hybridized carbons (Fsp3) is 0.920. The molecule has 7 heteroatoms. The van der Waals surface area contributed by atoms with Crippen molar-refractivity contribution in [1.29, 1.82) is 0 Å². The Hall–Kier alpha value is -1.11. The first-order valence-corrected chi connectivity index (χ1v) is 15.0. The number of sulfone groups is 1. The first-order valence-electron chi connectivity index (χ1n) is 13.0. The normalized spacial score (nSPS) is 28.6. The van der Waals surface area contributed by atoms with E-state index in [9.17, 15) is 18.0 Å². The molecule has 6 nitrogen and oxygen atoms in total. The lowest BCUT2D eigenvalue weighted by atomic mass is 9.53. The van der Waals surface area contributed by atoms with Crippen molar-refractivity contribution in [3.8, 4) is 0 Å². The van der Waals surface area contributed by atoms with E-state index in [0.717, 1.165) is 62.7 Å². The van der Waals surface area contributed by atoms with E-state index in [-0.39, 0.29) is 23.1 Å². The molecule has 0 radical (unpaired) electrons. The van der Waals surface area contributed by atoms with Gasteiger partial charge in [0.1, 0.15) is 11.5 Å². The van der Waals surface area contributed by atoms with Crippen molar-refractivity contribution in [2.75, 3.05) is 18.6 Å². The summed E-state index contributed by atoms with van der Waals surface area (Å²) in [7, 11) is -3.18. The standard InChI is InChI=1S/C25H44N2O4S/c1-32(30,31)19-23(28)11-9-7-5-3-2-4-6-8-10-12-26-24(29)27-25-16-20-13-21(17-25)15-22(14-20)18-25/h20-22H,2-19H2,1H3,(H2,26,27,29). The van der Waals surface area contributed by atoms with Gasteiger partial charge in [0.15, 0.2) is 9.84 Å². The van der Waals surface area contributed by atoms with Gasteiger partial charge in [-0.3, -0.25) is 4.79 Å². The summed E-state index contributed by atoms with van der Waals surface area (Å²) >= 11 is 0. The van der Waals surface area contributed by atoms with Crippen LogP contribution >= 0.6 is 0 Å². The second-order valence-electron chi connectivity index (χ2n) is 11.1. The van der Waals surface area contributed by atoms with Crippen molar-refractivity contribution in [1.82, 2.24) is 10.6 Å². The molecule has 4 fully saturated rings. The highest BCUT2D eigenvalue weighted by Crippen LogP contribution is 2.55. The number of Topliss-reactive ketones (excluding diaryl/α,β-unsaturated/α-hetero) is 1. The van der Waals surface area contributed by atoms with Gasteiger partial charge in [-0.15, -0.1) is 0 Å². The third-order valence-electron chi connectivity index (χ3n) is 7.76. The van der Waals surface area contributed by atoms with Gasteiger partial charge in [0.05, 0.1) is 0 Å². The van der Waals surface area contributed by atoms with Crippen LogP contribution in [0.15, 0.2) is 0 Å². The third-order valence-corrected chi connectivity index (χ3v) is 8.60. The molecular formula is C25H44N2O4S. The van der Waals surface area contributed by atoms with E-state index in [4.69, 9.17) is 0 Å². The van der Waals surface area contributed by atoms with E-state index in [2.05, 4.69) is 10.6 Å². The van der Waals surface area contributed by atoms with Gasteiger partial charge in [-0.05, 0) is 69.1 Å². The number of hydrogen-bond acceptors (Lipinski definition) is 4. The summed E-state index contributed by atoms with van der Waals surface area (Å²) < 4.78 is 22.1. The maximum atomic E-state index is 12.4. The predicted molar refractivity (Wildman–Crippen MR) is 128 cm³/mol. The van der Waals surface area contributed by atoms with Gasteiger partial charge in [-0.1, -0.05) is 44.9 Å². The molecule has 4 aliphatic rings. The van der Waals surface area contributed by atoms with E-state index >= 15 is 0 Å². The minimum absolute atomic E-state index is 0.0435. The zero-order chi connectivity index (χ0) is 23.0. The Morgan fingerprint density at radius 3 is 1.75 bits per heavy atom. The van der Waals surface area contributed by atoms with Gasteiger partial charge in [-0.25, -0.2) is 13.2 Å². The van der Waals surface area contributed by atoms with Crippen molar-refractivity contribution in [3.63, 3.8) is 0 Å². The van der Waals surface area contributed by atoms with Crippen LogP contribution in [0.25, 0.3) is 0 Å². The molecular weight excluding hydrogens is 424 g/mol. The first-order chi connectivity index (χ1) is 15.2. The predicted octanol–water partition coefficient (Wildman–Crippen LogP) is 4.77. The van der Waals surface area contributed by atoms with Crippen LogP contribution in [0.2, 0.25) is 0 Å². The summed E-state index contributed by atoms with van der Waals surface area (Å²) in [5, 5.41) is 6.47. The zero-order valence-corrected chi connectivity index (χ0v) is 20.8. The number of unbranched alkanes of at least 4 members (excludes halogenated alkanes) is 8. The highest BCUT2D eigenvalue weighted by molar-refractivity contribution is 7.91. The van der Waals surface area contributed by atoms with Crippen molar-refractivity contribution >= 4 is 21.7 Å². The molecule has 0 aromatic carbocycles. The summed E-state index contributed by atoms with van der Waals surface area (Å²) in [6, 6.07) is 0.0435. The maximum absolute atomic E-state index is 12.4. The fourth-order valence-corrected chi connectivity index (χ4v) is 7.53. The van der Waals surface area contributed by atoms with Crippen LogP contribution in [0.4, 0.5) is 4.79 Å². The van der Waals surface area contributed by atoms with Crippen LogP contribution in [-0.4, -0.2) is 44.3 Å². The first kappa shape index (κ1) is 25.5. The Labute approximate surface area is 195 Å². The van der Waals surface area contributed by atoms with E-state index in [1.807, 2.05) is 0 Å². The minimum atomic E-state index is -3.18. The second-order valence-corrected chi connectivity index (χ2v) is 13.3. The van der Waals surface area contributed by atoms with Crippen LogP contribution in [0.1, 0.15) is 103 Å². The minimum Gasteiger partial charge on any atom is -0.338 e. The lowest BCUT2D eigenvalue weighted by Gasteiger charge is -2.56. The highest BCUT2D eigenvalue weighted by Gasteiger charge is 2.51. The molecule has 32 heavy (non-hydrogen) atoms. The maximum Gasteiger partial charge on any atom is 0.315 e. The lowest BCUT2D eigenvalue weighted by Crippen LogP contribution is -2.61. The zero-order valence-electron chi connectivity index (χ0n) is 20.0. The number of hydrogen-bond donors (Lipinski definition) is 2. The molecule has 4 rings (SSSR count). The molecule has 2 N–H and O–H groups in total. The smallest absolute Gasteiger partial charge is 0.315 e. The van der Waals surface area contributed by atoms with Gasteiger partial charge in [0, 0.05) is 24.8 Å². The van der Waals surface area contributed by atoms with Crippen LogP contribution in [0.5, 0.6) is 0 Å². The highest BCUT2D eigenvalue weighted by atomic mass is 32.2. The molecule has 0 aromatic heterocycles. The molecule has 4 bridgehead atoms. The SMILES string of the molecule is CS(=O)(=O)CC(=O)CCCCCCCCCCCNC(=O)NC12CC3CC(CC(C3)C1)C2. The number of carbonyl (C=O) groups excluding carboxylic acids is 2. The third kappa shape index (κ3) is 8.68. The second kappa shape index (κ2) is 11.8. The van der Waals surface area contributed by atoms with Crippen molar-refractivity contribution < 1.29 is 18.0 Å². The number of rotatable bonds is 15. The molecule has 184 valence electrons. The summed E-state index contributed by atoms with van der Waals surface area (Å²) in [4.78, 5) is 23.9. The molecule has 0 aromatic rings. The number of ketones is 1. The number of carbonyl (C=O) groups is 2. The van der Waals surface area contributed by atoms with Crippen LogP contribution in [0, 0.1) is 17.8 Å². The number of nitrogens with one attached hydrogen (secondary N) is 2. The summed E-state index contributed by atoms with van der Waals surface area (Å²) in [5.41, 5.74) is 0.0971. The molecule has 0 aliphatic heterocycles. The fourth-order valence-electron chi connectivity index (χ4n) is 6.80. The van der Waals surface area contributed by atoms with Gasteiger partial charge in [0.2, 0.25) is 0 Å². The molecule has 0 unspecified atom stereocenters. The topological polar surface area (TPSA) is 92.3 Å². The van der Waals surface area contributed by atoms with Crippen LogP contribution in [0.3, 0.4) is 0 Å². The van der Waals surface area contributed by atoms with Gasteiger partial charge in [0.25, 0.3) is 0 Å². The van der Waals surface area contributed by atoms with E-state index in [1.165, 1.54) is 64.2 Å². The molecule has 4 aliphatic carbocycles. The Morgan fingerprint density at radius 1 is 0.781 bits per heavy atom. The summed E-state index contributed by atoms with van der Waals surface area (Å²) in [6.45, 7) is 0.764. The Bertz CT molecular complexity index is 699. The molecule has 0 spiro atoms. The Balaban J connectivity index is 1.11. The molecule has 0 saturated heterocycles. The summed E-state index contributed by atoms with van der Waals surface area (Å²) in [5.74, 6) is 2.08. The average molecular weight is 469 g/mol. The van der Waals surface area contributed by atoms with Gasteiger partial charge >= 0.3 is 6.03 Å². The van der Waals surface area contributed by atoms with Crippen molar-refractivity contribution in [2.24, 2.45) is 17.8 Å². The van der Waals surface area contributed by atoms with Crippen LogP contribution < -0.4 is 10.6 Å². The summed E-state index contributed by atoms with van der Waals surface area (Å²) in [6.07, 6.45) is 19.2. The van der Waals surface area contributed by atoms with Crippen molar-refractivity contribution in [2.45, 2.75) is 108 Å².